The normalized spacial score (nSPS) is 10.9. The second-order valence-electron chi connectivity index (χ2n) is 7.44. The Morgan fingerprint density at radius 3 is 1.20 bits per heavy atom. The van der Waals surface area contributed by atoms with Crippen LogP contribution in [-0.4, -0.2) is 92.4 Å². The van der Waals surface area contributed by atoms with Crippen molar-refractivity contribution in [2.45, 2.75) is 76.9 Å². The third-order valence-corrected chi connectivity index (χ3v) is 3.91. The van der Waals surface area contributed by atoms with Crippen LogP contribution >= 0.6 is 0 Å². The summed E-state index contributed by atoms with van der Waals surface area (Å²) in [4.78, 5) is 65.7. The summed E-state index contributed by atoms with van der Waals surface area (Å²) in [5.41, 5.74) is -5.00. The van der Waals surface area contributed by atoms with E-state index in [4.69, 9.17) is 34.6 Å². The van der Waals surface area contributed by atoms with Crippen molar-refractivity contribution in [1.29, 1.82) is 0 Å². The maximum Gasteiger partial charge on any atom is 0.339 e. The fourth-order valence-corrected chi connectivity index (χ4v) is 2.26. The predicted molar refractivity (Wildman–Crippen MR) is 115 cm³/mol. The molecule has 5 N–H and O–H groups in total. The van der Waals surface area contributed by atoms with E-state index in [-0.39, 0.29) is 19.8 Å². The van der Waals surface area contributed by atoms with Crippen LogP contribution < -0.4 is 0 Å². The van der Waals surface area contributed by atoms with Crippen LogP contribution in [0.4, 0.5) is 0 Å². The number of carboxylic acid groups (broad SMARTS) is 3. The maximum absolute atomic E-state index is 12.0. The molecule has 0 aromatic carbocycles. The summed E-state index contributed by atoms with van der Waals surface area (Å²) in [7, 11) is 0. The molecule has 0 heterocycles. The van der Waals surface area contributed by atoms with Gasteiger partial charge in [0.15, 0.2) is 11.2 Å². The van der Waals surface area contributed by atoms with Gasteiger partial charge in [0.05, 0.1) is 45.5 Å². The maximum atomic E-state index is 12.0. The Morgan fingerprint density at radius 1 is 0.571 bits per heavy atom. The number of carbonyl (C=O) groups is 6. The fourth-order valence-electron chi connectivity index (χ4n) is 2.26. The topological polar surface area (TPSA) is 231 Å². The Labute approximate surface area is 201 Å². The first-order valence-corrected chi connectivity index (χ1v) is 10.8. The fraction of sp³-hybridized carbons (Fsp3) is 0.714. The van der Waals surface area contributed by atoms with Gasteiger partial charge in [0.1, 0.15) is 0 Å². The first kappa shape index (κ1) is 33.9. The Morgan fingerprint density at radius 2 is 0.914 bits per heavy atom. The summed E-state index contributed by atoms with van der Waals surface area (Å²) in [6.45, 7) is 5.87. The lowest BCUT2D eigenvalue weighted by Crippen LogP contribution is -2.45. The number of esters is 3. The minimum absolute atomic E-state index is 0.0924. The first-order valence-electron chi connectivity index (χ1n) is 10.8. The minimum Gasteiger partial charge on any atom is -0.481 e. The molecule has 0 aliphatic rings. The standard InChI is InChI=1S/C15H26O7.C6H8O7/c1-4-7-20-12(16)10-15(19,14(18)22-9-6-3)11-13(17)21-8-5-2;7-3(8)1-6(13,5(11)12)2-4(9)10/h19H,4-11H2,1-3H3;13H,1-2H2,(H,7,8)(H,9,10)(H,11,12). The highest BCUT2D eigenvalue weighted by atomic mass is 16.6. The number of hydrogen-bond acceptors (Lipinski definition) is 11. The monoisotopic (exact) mass is 510 g/mol. The molecule has 0 rings (SSSR count). The Hall–Kier alpha value is -3.26. The first-order chi connectivity index (χ1) is 16.2. The Bertz CT molecular complexity index is 692. The van der Waals surface area contributed by atoms with Crippen molar-refractivity contribution >= 4 is 35.8 Å². The van der Waals surface area contributed by atoms with E-state index in [1.54, 1.807) is 6.92 Å². The average Bonchev–Trinajstić information content (AvgIpc) is 2.73. The van der Waals surface area contributed by atoms with Crippen molar-refractivity contribution in [1.82, 2.24) is 0 Å². The lowest BCUT2D eigenvalue weighted by molar-refractivity contribution is -0.177. The molecule has 35 heavy (non-hydrogen) atoms. The zero-order valence-corrected chi connectivity index (χ0v) is 20.0. The summed E-state index contributed by atoms with van der Waals surface area (Å²) >= 11 is 0. The second kappa shape index (κ2) is 17.2. The van der Waals surface area contributed by atoms with Gasteiger partial charge in [-0.05, 0) is 19.3 Å². The second-order valence-corrected chi connectivity index (χ2v) is 7.44. The molecule has 0 saturated carbocycles. The van der Waals surface area contributed by atoms with E-state index >= 15 is 0 Å². The highest BCUT2D eigenvalue weighted by Crippen LogP contribution is 2.20. The summed E-state index contributed by atoms with van der Waals surface area (Å²) < 4.78 is 14.6. The molecule has 0 atom stereocenters. The zero-order valence-electron chi connectivity index (χ0n) is 20.0. The molecule has 0 aromatic heterocycles. The van der Waals surface area contributed by atoms with E-state index in [9.17, 15) is 33.9 Å². The van der Waals surface area contributed by atoms with Crippen LogP contribution in [0.15, 0.2) is 0 Å². The van der Waals surface area contributed by atoms with Gasteiger partial charge in [-0.25, -0.2) is 9.59 Å². The van der Waals surface area contributed by atoms with Gasteiger partial charge < -0.3 is 39.7 Å². The third-order valence-electron chi connectivity index (χ3n) is 3.91. The Balaban J connectivity index is 0. The van der Waals surface area contributed by atoms with Gasteiger partial charge in [0.2, 0.25) is 0 Å². The molecule has 0 radical (unpaired) electrons. The van der Waals surface area contributed by atoms with Crippen LogP contribution in [0.3, 0.4) is 0 Å². The van der Waals surface area contributed by atoms with Crippen molar-refractivity contribution in [3.8, 4) is 0 Å². The molecule has 0 unspecified atom stereocenters. The van der Waals surface area contributed by atoms with Crippen LogP contribution in [0.25, 0.3) is 0 Å². The van der Waals surface area contributed by atoms with E-state index in [0.717, 1.165) is 0 Å². The van der Waals surface area contributed by atoms with Gasteiger partial charge in [-0.15, -0.1) is 0 Å². The molecule has 0 aliphatic heterocycles. The molecule has 0 amide bonds. The molecular weight excluding hydrogens is 476 g/mol. The molecule has 14 nitrogen and oxygen atoms in total. The lowest BCUT2D eigenvalue weighted by atomic mass is 9.95. The number of carbonyl (C=O) groups excluding carboxylic acids is 3. The van der Waals surface area contributed by atoms with Crippen LogP contribution in [0.1, 0.15) is 65.7 Å². The smallest absolute Gasteiger partial charge is 0.339 e. The van der Waals surface area contributed by atoms with Gasteiger partial charge in [0.25, 0.3) is 0 Å². The van der Waals surface area contributed by atoms with E-state index in [1.165, 1.54) is 0 Å². The average molecular weight is 510 g/mol. The molecule has 0 spiro atoms. The van der Waals surface area contributed by atoms with E-state index in [2.05, 4.69) is 0 Å². The van der Waals surface area contributed by atoms with E-state index < -0.39 is 72.7 Å². The number of rotatable bonds is 16. The highest BCUT2D eigenvalue weighted by molar-refractivity contribution is 5.90. The molecule has 0 aromatic rings. The SMILES string of the molecule is CCCOC(=O)CC(O)(CC(=O)OCCC)C(=O)OCCC.O=C(O)CC(O)(CC(=O)O)C(=O)O. The van der Waals surface area contributed by atoms with Crippen molar-refractivity contribution in [2.75, 3.05) is 19.8 Å². The molecule has 0 fully saturated rings. The van der Waals surface area contributed by atoms with Crippen LogP contribution in [0, 0.1) is 0 Å². The van der Waals surface area contributed by atoms with Gasteiger partial charge >= 0.3 is 35.8 Å². The van der Waals surface area contributed by atoms with Gasteiger partial charge in [0, 0.05) is 0 Å². The Kier molecular flexibility index (Phi) is 16.7. The van der Waals surface area contributed by atoms with E-state index in [1.807, 2.05) is 13.8 Å². The quantitative estimate of drug-likeness (QED) is 0.137. The molecule has 0 saturated heterocycles. The minimum atomic E-state index is -2.74. The lowest BCUT2D eigenvalue weighted by Gasteiger charge is -2.24. The number of aliphatic carboxylic acids is 3. The van der Waals surface area contributed by atoms with Crippen LogP contribution in [0.2, 0.25) is 0 Å². The molecule has 202 valence electrons. The molecular formula is C21H34O14. The molecule has 0 bridgehead atoms. The third kappa shape index (κ3) is 15.3. The highest BCUT2D eigenvalue weighted by Gasteiger charge is 2.43. The zero-order chi connectivity index (χ0) is 27.7. The largest absolute Gasteiger partial charge is 0.481 e. The summed E-state index contributed by atoms with van der Waals surface area (Å²) in [5, 5.41) is 44.2. The van der Waals surface area contributed by atoms with Gasteiger partial charge in [-0.2, -0.15) is 0 Å². The van der Waals surface area contributed by atoms with Crippen molar-refractivity contribution in [3.05, 3.63) is 0 Å². The van der Waals surface area contributed by atoms with Crippen molar-refractivity contribution < 1.29 is 68.5 Å². The van der Waals surface area contributed by atoms with Gasteiger partial charge in [-0.1, -0.05) is 20.8 Å². The predicted octanol–water partition coefficient (Wildman–Crippen LogP) is 0.109. The number of ether oxygens (including phenoxy) is 3. The molecule has 14 heteroatoms. The van der Waals surface area contributed by atoms with E-state index in [0.29, 0.717) is 19.3 Å². The van der Waals surface area contributed by atoms with Crippen LogP contribution in [0.5, 0.6) is 0 Å². The molecule has 0 aliphatic carbocycles. The summed E-state index contributed by atoms with van der Waals surface area (Å²) in [5.74, 6) is -7.56. The van der Waals surface area contributed by atoms with Crippen LogP contribution in [-0.2, 0) is 43.0 Å². The van der Waals surface area contributed by atoms with Crippen molar-refractivity contribution in [3.63, 3.8) is 0 Å². The van der Waals surface area contributed by atoms with Gasteiger partial charge in [-0.3, -0.25) is 19.2 Å². The summed E-state index contributed by atoms with van der Waals surface area (Å²) in [6, 6.07) is 0. The number of carboxylic acids is 3. The summed E-state index contributed by atoms with van der Waals surface area (Å²) in [6.07, 6.45) is -1.79. The van der Waals surface area contributed by atoms with Crippen molar-refractivity contribution in [2.24, 2.45) is 0 Å². The number of aliphatic hydroxyl groups is 2. The number of hydrogen-bond donors (Lipinski definition) is 5.